The van der Waals surface area contributed by atoms with E-state index in [0.29, 0.717) is 23.7 Å². The van der Waals surface area contributed by atoms with Crippen molar-refractivity contribution in [1.29, 1.82) is 0 Å². The molecule has 5 aliphatic rings. The fourth-order valence-electron chi connectivity index (χ4n) is 11.4. The molecule has 1 heterocycles. The smallest absolute Gasteiger partial charge is 0.261 e. The van der Waals surface area contributed by atoms with Crippen molar-refractivity contribution in [3.05, 3.63) is 60.7 Å². The van der Waals surface area contributed by atoms with Crippen LogP contribution in [0.15, 0.2) is 60.7 Å². The van der Waals surface area contributed by atoms with Gasteiger partial charge in [0.2, 0.25) is 0 Å². The summed E-state index contributed by atoms with van der Waals surface area (Å²) in [4.78, 5) is 0. The highest BCUT2D eigenvalue weighted by molar-refractivity contribution is 6.99. The SMILES string of the molecule is CC1(C)O[C@H]2[C@H](O1)C1[C@H](CC[C@@]3(C)[C@H]1CC[C@]3(C)O)[C@@]1(C)CC[C@H](O[Si](c3ccccc3)(c3ccccc3)C(C)(C)C)C[C@H]21. The summed E-state index contributed by atoms with van der Waals surface area (Å²) >= 11 is 0. The minimum absolute atomic E-state index is 0.0428. The standard InChI is InChI=1S/C39H56O4Si/c1-35(2,3)44(27-15-11-9-12-16-27,28-17-13-10-14-18-28)43-26-19-22-37(6)29-20-23-38(7)30(21-24-39(38,8)40)32(29)34-33(31(37)25-26)41-36(4,5)42-34/h9-18,26,29-34,40H,19-25H2,1-8H3/t26-,29-,30-,31+,32?,33+,34+,37+,38-,39-/m0/s1. The molecule has 1 unspecified atom stereocenters. The van der Waals surface area contributed by atoms with Crippen molar-refractivity contribution in [3.8, 4) is 0 Å². The van der Waals surface area contributed by atoms with Crippen LogP contribution in [0.25, 0.3) is 0 Å². The monoisotopic (exact) mass is 616 g/mol. The van der Waals surface area contributed by atoms with E-state index >= 15 is 0 Å². The molecule has 4 saturated carbocycles. The van der Waals surface area contributed by atoms with Crippen LogP contribution in [0, 0.1) is 34.5 Å². The summed E-state index contributed by atoms with van der Waals surface area (Å²) in [7, 11) is -2.66. The summed E-state index contributed by atoms with van der Waals surface area (Å²) in [6, 6.07) is 22.2. The molecule has 44 heavy (non-hydrogen) atoms. The third-order valence-corrected chi connectivity index (χ3v) is 18.9. The fourth-order valence-corrected chi connectivity index (χ4v) is 16.2. The van der Waals surface area contributed by atoms with E-state index in [4.69, 9.17) is 13.9 Å². The van der Waals surface area contributed by atoms with Gasteiger partial charge in [0.05, 0.1) is 17.8 Å². The van der Waals surface area contributed by atoms with Gasteiger partial charge in [-0.2, -0.15) is 0 Å². The van der Waals surface area contributed by atoms with Crippen LogP contribution in [0.3, 0.4) is 0 Å². The highest BCUT2D eigenvalue weighted by Gasteiger charge is 2.70. The number of aliphatic hydroxyl groups is 1. The number of hydrogen-bond donors (Lipinski definition) is 1. The van der Waals surface area contributed by atoms with Crippen LogP contribution in [0.5, 0.6) is 0 Å². The van der Waals surface area contributed by atoms with Crippen molar-refractivity contribution in [2.75, 3.05) is 0 Å². The lowest BCUT2D eigenvalue weighted by Crippen LogP contribution is -2.69. The number of rotatable bonds is 4. The Hall–Kier alpha value is -1.50. The minimum Gasteiger partial charge on any atom is -0.404 e. The van der Waals surface area contributed by atoms with Gasteiger partial charge < -0.3 is 19.0 Å². The van der Waals surface area contributed by atoms with E-state index in [1.807, 2.05) is 0 Å². The molecule has 1 aliphatic heterocycles. The average molecular weight is 617 g/mol. The Kier molecular flexibility index (Phi) is 7.25. The van der Waals surface area contributed by atoms with Gasteiger partial charge in [0.15, 0.2) is 5.79 Å². The zero-order valence-corrected chi connectivity index (χ0v) is 29.4. The first kappa shape index (κ1) is 31.1. The molecule has 0 amide bonds. The zero-order chi connectivity index (χ0) is 31.3. The van der Waals surface area contributed by atoms with Crippen molar-refractivity contribution >= 4 is 18.7 Å². The maximum absolute atomic E-state index is 11.6. The molecule has 5 fully saturated rings. The van der Waals surface area contributed by atoms with Crippen LogP contribution in [-0.4, -0.2) is 43.1 Å². The molecule has 0 bridgehead atoms. The van der Waals surface area contributed by atoms with E-state index in [1.165, 1.54) is 16.8 Å². The first-order valence-corrected chi connectivity index (χ1v) is 19.4. The molecular weight excluding hydrogens is 561 g/mol. The van der Waals surface area contributed by atoms with Crippen molar-refractivity contribution in [3.63, 3.8) is 0 Å². The molecule has 1 N–H and O–H groups in total. The number of fused-ring (bicyclic) bond motifs is 8. The Balaban J connectivity index is 1.26. The maximum Gasteiger partial charge on any atom is 0.261 e. The molecule has 240 valence electrons. The third-order valence-electron chi connectivity index (χ3n) is 13.8. The molecule has 10 atom stereocenters. The highest BCUT2D eigenvalue weighted by Crippen LogP contribution is 2.70. The number of benzene rings is 2. The van der Waals surface area contributed by atoms with E-state index in [9.17, 15) is 5.11 Å². The first-order chi connectivity index (χ1) is 20.6. The predicted octanol–water partition coefficient (Wildman–Crippen LogP) is 7.47. The van der Waals surface area contributed by atoms with E-state index in [-0.39, 0.29) is 34.2 Å². The van der Waals surface area contributed by atoms with E-state index in [1.54, 1.807) is 0 Å². The largest absolute Gasteiger partial charge is 0.404 e. The first-order valence-electron chi connectivity index (χ1n) is 17.5. The molecule has 2 aromatic carbocycles. The second-order valence-electron chi connectivity index (χ2n) is 17.4. The molecule has 4 aliphatic carbocycles. The van der Waals surface area contributed by atoms with Crippen LogP contribution in [0.1, 0.15) is 100 Å². The van der Waals surface area contributed by atoms with E-state index in [0.717, 1.165) is 38.5 Å². The van der Waals surface area contributed by atoms with Gasteiger partial charge in [0.1, 0.15) is 0 Å². The Morgan fingerprint density at radius 3 is 1.89 bits per heavy atom. The molecule has 1 saturated heterocycles. The lowest BCUT2D eigenvalue weighted by atomic mass is 9.43. The Morgan fingerprint density at radius 1 is 0.727 bits per heavy atom. The fraction of sp³-hybridized carbons (Fsp3) is 0.692. The number of hydrogen-bond acceptors (Lipinski definition) is 4. The molecule has 0 radical (unpaired) electrons. The molecular formula is C39H56O4Si. The van der Waals surface area contributed by atoms with Crippen LogP contribution < -0.4 is 10.4 Å². The molecule has 0 aromatic heterocycles. The second-order valence-corrected chi connectivity index (χ2v) is 21.7. The normalized spacial score (nSPS) is 43.1. The van der Waals surface area contributed by atoms with Crippen molar-refractivity contribution < 1.29 is 19.0 Å². The van der Waals surface area contributed by atoms with Crippen LogP contribution in [-0.2, 0) is 13.9 Å². The molecule has 4 nitrogen and oxygen atoms in total. The second kappa shape index (κ2) is 10.2. The van der Waals surface area contributed by atoms with Gasteiger partial charge in [-0.3, -0.25) is 0 Å². The Bertz CT molecular complexity index is 1310. The van der Waals surface area contributed by atoms with Crippen molar-refractivity contribution in [1.82, 2.24) is 0 Å². The summed E-state index contributed by atoms with van der Waals surface area (Å²) < 4.78 is 21.7. The zero-order valence-electron chi connectivity index (χ0n) is 28.4. The predicted molar refractivity (Wildman–Crippen MR) is 179 cm³/mol. The van der Waals surface area contributed by atoms with Crippen LogP contribution in [0.2, 0.25) is 5.04 Å². The summed E-state index contributed by atoms with van der Waals surface area (Å²) in [6.45, 7) is 18.5. The lowest BCUT2D eigenvalue weighted by molar-refractivity contribution is -0.201. The maximum atomic E-state index is 11.6. The van der Waals surface area contributed by atoms with Crippen LogP contribution in [0.4, 0.5) is 0 Å². The third kappa shape index (κ3) is 4.42. The van der Waals surface area contributed by atoms with Gasteiger partial charge in [-0.15, -0.1) is 0 Å². The van der Waals surface area contributed by atoms with Gasteiger partial charge in [-0.1, -0.05) is 95.3 Å². The summed E-state index contributed by atoms with van der Waals surface area (Å²) in [5.41, 5.74) is -0.482. The average Bonchev–Trinajstić information content (AvgIpc) is 3.43. The van der Waals surface area contributed by atoms with Gasteiger partial charge in [-0.05, 0) is 116 Å². The summed E-state index contributed by atoms with van der Waals surface area (Å²) in [5.74, 6) is 1.30. The van der Waals surface area contributed by atoms with Crippen molar-refractivity contribution in [2.24, 2.45) is 34.5 Å². The van der Waals surface area contributed by atoms with Gasteiger partial charge >= 0.3 is 0 Å². The lowest BCUT2D eigenvalue weighted by Gasteiger charge is -2.64. The minimum atomic E-state index is -2.66. The molecule has 0 spiro atoms. The molecule has 5 heteroatoms. The molecule has 2 aromatic rings. The van der Waals surface area contributed by atoms with Gasteiger partial charge in [-0.25, -0.2) is 0 Å². The van der Waals surface area contributed by atoms with E-state index < -0.39 is 19.7 Å². The number of ether oxygens (including phenoxy) is 2. The summed E-state index contributed by atoms with van der Waals surface area (Å²) in [6.07, 6.45) is 7.86. The topological polar surface area (TPSA) is 47.9 Å². The van der Waals surface area contributed by atoms with Crippen molar-refractivity contribution in [2.45, 2.75) is 135 Å². The van der Waals surface area contributed by atoms with Gasteiger partial charge in [0, 0.05) is 6.10 Å². The van der Waals surface area contributed by atoms with E-state index in [2.05, 4.69) is 116 Å². The Morgan fingerprint density at radius 2 is 1.30 bits per heavy atom. The molecule has 7 rings (SSSR count). The Labute approximate surface area is 267 Å². The van der Waals surface area contributed by atoms with Gasteiger partial charge in [0.25, 0.3) is 8.32 Å². The van der Waals surface area contributed by atoms with Crippen LogP contribution >= 0.6 is 0 Å². The summed E-state index contributed by atoms with van der Waals surface area (Å²) in [5, 5.41) is 14.3. The quantitative estimate of drug-likeness (QED) is 0.362. The highest BCUT2D eigenvalue weighted by atomic mass is 28.4.